The topological polar surface area (TPSA) is 184 Å². The number of nitriles is 2. The van der Waals surface area contributed by atoms with Crippen molar-refractivity contribution < 1.29 is 77.6 Å². The Morgan fingerprint density at radius 1 is 0.446 bits per heavy atom. The Bertz CT molecular complexity index is 3060. The molecule has 0 radical (unpaired) electrons. The highest BCUT2D eigenvalue weighted by Crippen LogP contribution is 2.56. The second kappa shape index (κ2) is 11.8. The zero-order chi connectivity index (χ0) is 41.5. The Kier molecular flexibility index (Phi) is 8.13. The molecule has 2 heterocycles. The largest absolute Gasteiger partial charge is 0.218 e. The lowest BCUT2D eigenvalue weighted by Gasteiger charge is -2.11. The van der Waals surface area contributed by atoms with Crippen LogP contribution in [0.4, 0.5) is 43.9 Å². The van der Waals surface area contributed by atoms with Gasteiger partial charge in [0.15, 0.2) is 46.5 Å². The fraction of sp³-hybridized carbons (Fsp3) is 0. The molecule has 0 spiro atoms. The molecule has 10 nitrogen and oxygen atoms in total. The Balaban J connectivity index is 1.47. The molecule has 5 aromatic rings. The minimum atomic E-state index is -5.81. The van der Waals surface area contributed by atoms with E-state index in [1.54, 1.807) is 0 Å². The van der Waals surface area contributed by atoms with E-state index in [2.05, 4.69) is 0 Å². The van der Waals surface area contributed by atoms with E-state index in [1.807, 2.05) is 0 Å². The molecule has 0 aromatic heterocycles. The molecule has 0 bridgehead atoms. The quantitative estimate of drug-likeness (QED) is 0.0866. The summed E-state index contributed by atoms with van der Waals surface area (Å²) in [5, 5.41) is 20.4. The highest BCUT2D eigenvalue weighted by Gasteiger charge is 2.48. The van der Waals surface area contributed by atoms with Crippen LogP contribution < -0.4 is 0 Å². The van der Waals surface area contributed by atoms with Crippen LogP contribution in [0.25, 0.3) is 22.3 Å². The molecular formula is C32H6F10N2O8S4. The van der Waals surface area contributed by atoms with Gasteiger partial charge in [-0.1, -0.05) is 12.1 Å². The highest BCUT2D eigenvalue weighted by atomic mass is 32.2. The minimum absolute atomic E-state index is 0.185. The summed E-state index contributed by atoms with van der Waals surface area (Å²) >= 11 is 0. The van der Waals surface area contributed by atoms with Crippen molar-refractivity contribution in [3.05, 3.63) is 106 Å². The molecule has 24 heteroatoms. The molecular weight excluding hydrogens is 859 g/mol. The Morgan fingerprint density at radius 3 is 0.982 bits per heavy atom. The van der Waals surface area contributed by atoms with Gasteiger partial charge in [0.25, 0.3) is 0 Å². The number of hydrogen-bond acceptors (Lipinski definition) is 10. The summed E-state index contributed by atoms with van der Waals surface area (Å²) in [6.45, 7) is 0. The van der Waals surface area contributed by atoms with Gasteiger partial charge in [-0.2, -0.15) is 10.5 Å². The van der Waals surface area contributed by atoms with Crippen LogP contribution >= 0.6 is 0 Å². The average Bonchev–Trinajstić information content (AvgIpc) is 3.53. The van der Waals surface area contributed by atoms with E-state index in [4.69, 9.17) is 0 Å². The number of benzene rings is 5. The molecule has 56 heavy (non-hydrogen) atoms. The number of halogens is 10. The van der Waals surface area contributed by atoms with Crippen molar-refractivity contribution in [1.29, 1.82) is 10.5 Å². The third-order valence-electron chi connectivity index (χ3n) is 8.69. The van der Waals surface area contributed by atoms with Crippen LogP contribution in [0, 0.1) is 80.8 Å². The standard InChI is InChI=1S/C32H6F10N2O8S4/c33-19-21(35)25(39)31(26(40)22(19)36)53(45,46)9-1-3-11-15(5-9)55(49,50)29-14(8-44)18-12-4-2-10(6-16(12)56(51,52)30(18)13(7-43)17(11)29)54(47,48)32-27(41)23(37)20(34)24(38)28(32)42/h1-6H. The van der Waals surface area contributed by atoms with E-state index >= 15 is 0 Å². The van der Waals surface area contributed by atoms with Gasteiger partial charge in [-0.15, -0.1) is 0 Å². The molecule has 0 aliphatic carbocycles. The van der Waals surface area contributed by atoms with Crippen molar-refractivity contribution >= 4 is 39.3 Å². The van der Waals surface area contributed by atoms with E-state index in [0.717, 1.165) is 0 Å². The molecule has 2 aliphatic rings. The zero-order valence-electron chi connectivity index (χ0n) is 26.0. The Morgan fingerprint density at radius 2 is 0.714 bits per heavy atom. The van der Waals surface area contributed by atoms with Crippen molar-refractivity contribution in [2.75, 3.05) is 0 Å². The van der Waals surface area contributed by atoms with E-state index in [0.29, 0.717) is 24.3 Å². The summed E-state index contributed by atoms with van der Waals surface area (Å²) in [7, 11) is -22.2. The highest BCUT2D eigenvalue weighted by molar-refractivity contribution is 7.93. The van der Waals surface area contributed by atoms with Crippen LogP contribution in [0.5, 0.6) is 0 Å². The van der Waals surface area contributed by atoms with Gasteiger partial charge < -0.3 is 0 Å². The molecule has 0 N–H and O–H groups in total. The molecule has 5 aromatic carbocycles. The van der Waals surface area contributed by atoms with Crippen LogP contribution in [0.2, 0.25) is 0 Å². The molecule has 0 unspecified atom stereocenters. The van der Waals surface area contributed by atoms with Gasteiger partial charge in [-0.3, -0.25) is 0 Å². The molecule has 0 atom stereocenters. The summed E-state index contributed by atoms with van der Waals surface area (Å²) in [5.41, 5.74) is -5.33. The first kappa shape index (κ1) is 38.5. The first-order valence-corrected chi connectivity index (χ1v) is 20.2. The lowest BCUT2D eigenvalue weighted by Crippen LogP contribution is -2.14. The van der Waals surface area contributed by atoms with Gasteiger partial charge in [0.2, 0.25) is 51.0 Å². The van der Waals surface area contributed by atoms with Gasteiger partial charge >= 0.3 is 0 Å². The normalized spacial score (nSPS) is 14.7. The number of rotatable bonds is 4. The number of fused-ring (bicyclic) bond motifs is 6. The van der Waals surface area contributed by atoms with Crippen LogP contribution in [0.3, 0.4) is 0 Å². The van der Waals surface area contributed by atoms with Crippen LogP contribution in [0.15, 0.2) is 75.6 Å². The first-order chi connectivity index (χ1) is 25.9. The molecule has 0 amide bonds. The SMILES string of the molecule is N#Cc1c2c(c(C#N)c3c1S(=O)(=O)c1cc(S(=O)(=O)c4c(F)c(F)c(F)c(F)c4F)ccc1-3)S(=O)(=O)c1cc(S(=O)(=O)c3c(F)c(F)c(F)c(F)c3F)ccc1-2. The minimum Gasteiger partial charge on any atom is -0.218 e. The summed E-state index contributed by atoms with van der Waals surface area (Å²) in [6, 6.07) is 5.13. The monoisotopic (exact) mass is 864 g/mol. The van der Waals surface area contributed by atoms with Gasteiger partial charge in [0.1, 0.15) is 21.9 Å². The predicted molar refractivity (Wildman–Crippen MR) is 161 cm³/mol. The predicted octanol–water partition coefficient (Wildman–Crippen LogP) is 6.11. The summed E-state index contributed by atoms with van der Waals surface area (Å²) in [5.74, 6) is -27.3. The second-order valence-corrected chi connectivity index (χ2v) is 19.0. The van der Waals surface area contributed by atoms with Crippen molar-refractivity contribution in [1.82, 2.24) is 0 Å². The van der Waals surface area contributed by atoms with Crippen LogP contribution in [-0.2, 0) is 39.3 Å². The fourth-order valence-electron chi connectivity index (χ4n) is 6.26. The van der Waals surface area contributed by atoms with Gasteiger partial charge in [0.05, 0.1) is 40.5 Å². The van der Waals surface area contributed by atoms with Gasteiger partial charge in [-0.25, -0.2) is 77.6 Å². The van der Waals surface area contributed by atoms with Crippen LogP contribution in [-0.4, -0.2) is 33.7 Å². The summed E-state index contributed by atoms with van der Waals surface area (Å²) in [6.07, 6.45) is 0. The molecule has 2 aliphatic heterocycles. The Hall–Kier alpha value is -5.82. The average molecular weight is 865 g/mol. The molecule has 0 saturated heterocycles. The number of sulfone groups is 4. The molecule has 0 saturated carbocycles. The van der Waals surface area contributed by atoms with E-state index < -0.39 is 170 Å². The van der Waals surface area contributed by atoms with Crippen molar-refractivity contribution in [3.8, 4) is 34.4 Å². The van der Waals surface area contributed by atoms with Gasteiger partial charge in [0, 0.05) is 22.3 Å². The molecule has 7 rings (SSSR count). The molecule has 286 valence electrons. The van der Waals surface area contributed by atoms with Crippen molar-refractivity contribution in [2.24, 2.45) is 0 Å². The zero-order valence-corrected chi connectivity index (χ0v) is 29.3. The molecule has 0 fully saturated rings. The smallest absolute Gasteiger partial charge is 0.212 e. The van der Waals surface area contributed by atoms with Gasteiger partial charge in [-0.05, 0) is 24.3 Å². The van der Waals surface area contributed by atoms with E-state index in [-0.39, 0.29) is 12.1 Å². The third kappa shape index (κ3) is 4.63. The third-order valence-corrected chi connectivity index (χ3v) is 16.0. The maximum absolute atomic E-state index is 14.6. The van der Waals surface area contributed by atoms with E-state index in [9.17, 15) is 88.1 Å². The first-order valence-electron chi connectivity index (χ1n) is 14.3. The van der Waals surface area contributed by atoms with Crippen LogP contribution in [0.1, 0.15) is 11.1 Å². The van der Waals surface area contributed by atoms with Crippen molar-refractivity contribution in [3.63, 3.8) is 0 Å². The number of nitrogens with zero attached hydrogens (tertiary/aromatic N) is 2. The second-order valence-electron chi connectivity index (χ2n) is 11.5. The van der Waals surface area contributed by atoms with E-state index in [1.165, 1.54) is 12.1 Å². The maximum atomic E-state index is 14.6. The summed E-state index contributed by atoms with van der Waals surface area (Å²) < 4.78 is 250. The Labute approximate surface area is 305 Å². The lowest BCUT2D eigenvalue weighted by molar-refractivity contribution is 0.357. The maximum Gasteiger partial charge on any atom is 0.212 e. The lowest BCUT2D eigenvalue weighted by atomic mass is 9.91. The van der Waals surface area contributed by atoms with Crippen molar-refractivity contribution in [2.45, 2.75) is 39.2 Å². The number of hydrogen-bond donors (Lipinski definition) is 0. The summed E-state index contributed by atoms with van der Waals surface area (Å²) in [4.78, 5) is -12.1. The fourth-order valence-corrected chi connectivity index (χ4v) is 12.9.